The fraction of sp³-hybridized carbons (Fsp3) is 0.333. The molecule has 0 aromatic carbocycles. The Bertz CT molecular complexity index is 1020. The van der Waals surface area contributed by atoms with Gasteiger partial charge >= 0.3 is 5.97 Å². The maximum absolute atomic E-state index is 12.7. The summed E-state index contributed by atoms with van der Waals surface area (Å²) in [6.07, 6.45) is 1.35. The minimum absolute atomic E-state index is 0.0521. The predicted octanol–water partition coefficient (Wildman–Crippen LogP) is 0.702. The largest absolute Gasteiger partial charge is 0.477 e. The number of carboxylic acids is 1. The van der Waals surface area contributed by atoms with Gasteiger partial charge in [-0.2, -0.15) is 0 Å². The molecular formula is C18H16ClN3O8S2. The van der Waals surface area contributed by atoms with Crippen LogP contribution in [0.25, 0.3) is 0 Å². The number of aliphatic carboxylic acids is 1. The highest BCUT2D eigenvalue weighted by molar-refractivity contribution is 8.14. The molecule has 1 fully saturated rings. The van der Waals surface area contributed by atoms with Crippen LogP contribution in [0.4, 0.5) is 0 Å². The summed E-state index contributed by atoms with van der Waals surface area (Å²) >= 11 is 7.54. The van der Waals surface area contributed by atoms with Crippen molar-refractivity contribution in [3.8, 4) is 0 Å². The number of halogens is 1. The molecule has 3 heterocycles. The Hall–Kier alpha value is -2.77. The summed E-state index contributed by atoms with van der Waals surface area (Å²) in [5.74, 6) is -3.84. The van der Waals surface area contributed by atoms with Crippen LogP contribution < -0.4 is 5.32 Å². The lowest BCUT2D eigenvalue weighted by atomic mass is 10.0. The fourth-order valence-corrected chi connectivity index (χ4v) is 5.40. The molecule has 11 nitrogen and oxygen atoms in total. The van der Waals surface area contributed by atoms with E-state index in [9.17, 15) is 29.1 Å². The van der Waals surface area contributed by atoms with Crippen molar-refractivity contribution in [1.29, 1.82) is 0 Å². The van der Waals surface area contributed by atoms with Gasteiger partial charge in [0.05, 0.1) is 12.1 Å². The second-order valence-electron chi connectivity index (χ2n) is 6.35. The molecule has 2 atom stereocenters. The van der Waals surface area contributed by atoms with Crippen molar-refractivity contribution in [2.45, 2.75) is 11.4 Å². The first-order valence-corrected chi connectivity index (χ1v) is 11.5. The maximum Gasteiger partial charge on any atom is 0.352 e. The highest BCUT2D eigenvalue weighted by atomic mass is 35.5. The first-order valence-electron chi connectivity index (χ1n) is 8.92. The van der Waals surface area contributed by atoms with Crippen molar-refractivity contribution in [1.82, 2.24) is 10.2 Å². The second-order valence-corrected chi connectivity index (χ2v) is 8.67. The molecule has 0 bridgehead atoms. The molecule has 32 heavy (non-hydrogen) atoms. The standard InChI is InChI=1S/C18H16ClN3O8S2/c1-29-21-11(9(23)5-19)14(24)20-12-15(25)22-13(17(26)27)8(6-31-16(12)22)7-32-18(28)10-3-2-4-30-10/h2-4,12,16H,5-7H2,1H3,(H,20,24)(H,26,27)/b21-11+. The van der Waals surface area contributed by atoms with Crippen LogP contribution in [0, 0.1) is 0 Å². The van der Waals surface area contributed by atoms with Crippen LogP contribution in [0.1, 0.15) is 10.6 Å². The summed E-state index contributed by atoms with van der Waals surface area (Å²) in [4.78, 5) is 66.3. The summed E-state index contributed by atoms with van der Waals surface area (Å²) in [5.41, 5.74) is -0.440. The molecule has 0 radical (unpaired) electrons. The molecule has 1 saturated heterocycles. The molecule has 0 spiro atoms. The van der Waals surface area contributed by atoms with Crippen LogP contribution in [-0.4, -0.2) is 80.3 Å². The number of nitrogens with zero attached hydrogens (tertiary/aromatic N) is 2. The number of carbonyl (C=O) groups excluding carboxylic acids is 4. The zero-order valence-corrected chi connectivity index (χ0v) is 18.8. The van der Waals surface area contributed by atoms with Crippen molar-refractivity contribution in [2.24, 2.45) is 5.16 Å². The Morgan fingerprint density at radius 1 is 1.44 bits per heavy atom. The van der Waals surface area contributed by atoms with Gasteiger partial charge in [-0.05, 0) is 17.7 Å². The molecule has 0 aliphatic carbocycles. The van der Waals surface area contributed by atoms with Crippen LogP contribution in [0.2, 0.25) is 0 Å². The number of furan rings is 1. The first kappa shape index (κ1) is 23.9. The van der Waals surface area contributed by atoms with Gasteiger partial charge in [0.2, 0.25) is 11.5 Å². The second kappa shape index (κ2) is 10.2. The zero-order valence-electron chi connectivity index (χ0n) is 16.4. The number of Topliss-reactive ketones (excluding diaryl/α,β-unsaturated/α-hetero) is 1. The van der Waals surface area contributed by atoms with E-state index in [1.54, 1.807) is 6.07 Å². The average Bonchev–Trinajstić information content (AvgIpc) is 3.33. The Kier molecular flexibility index (Phi) is 7.64. The number of β-lactam (4-membered cyclic amide) rings is 1. The third-order valence-electron chi connectivity index (χ3n) is 4.42. The van der Waals surface area contributed by atoms with E-state index >= 15 is 0 Å². The fourth-order valence-electron chi connectivity index (χ4n) is 3.00. The number of hydrogen-bond acceptors (Lipinski definition) is 10. The normalized spacial score (nSPS) is 20.4. The van der Waals surface area contributed by atoms with Crippen molar-refractivity contribution >= 4 is 69.5 Å². The number of nitrogens with one attached hydrogen (secondary N) is 1. The third kappa shape index (κ3) is 4.69. The first-order chi connectivity index (χ1) is 15.3. The number of fused-ring (bicyclic) bond motifs is 1. The molecule has 2 unspecified atom stereocenters. The van der Waals surface area contributed by atoms with E-state index in [0.29, 0.717) is 5.57 Å². The summed E-state index contributed by atoms with van der Waals surface area (Å²) in [6.45, 7) is 0. The van der Waals surface area contributed by atoms with E-state index in [4.69, 9.17) is 16.0 Å². The van der Waals surface area contributed by atoms with Gasteiger partial charge in [-0.1, -0.05) is 16.9 Å². The molecule has 3 rings (SSSR count). The SMILES string of the molecule is CO/N=C(\C(=O)CCl)C(=O)NC1C(=O)N2C(C(=O)O)=C(CSC(=O)c3ccco3)CSC12. The summed E-state index contributed by atoms with van der Waals surface area (Å²) in [6, 6.07) is 1.99. The van der Waals surface area contributed by atoms with Gasteiger partial charge in [0.1, 0.15) is 24.2 Å². The van der Waals surface area contributed by atoms with Crippen molar-refractivity contribution < 1.29 is 38.3 Å². The molecule has 2 amide bonds. The predicted molar refractivity (Wildman–Crippen MR) is 115 cm³/mol. The van der Waals surface area contributed by atoms with E-state index < -0.39 is 46.6 Å². The minimum Gasteiger partial charge on any atom is -0.477 e. The lowest BCUT2D eigenvalue weighted by Crippen LogP contribution is -2.71. The van der Waals surface area contributed by atoms with Crippen LogP contribution in [0.15, 0.2) is 39.2 Å². The molecule has 1 aromatic heterocycles. The molecule has 1 aromatic rings. The number of oxime groups is 1. The van der Waals surface area contributed by atoms with E-state index in [2.05, 4.69) is 15.3 Å². The number of carboxylic acid groups (broad SMARTS) is 1. The number of carbonyl (C=O) groups is 5. The van der Waals surface area contributed by atoms with Gasteiger partial charge in [0.25, 0.3) is 16.9 Å². The molecular weight excluding hydrogens is 486 g/mol. The quantitative estimate of drug-likeness (QED) is 0.162. The summed E-state index contributed by atoms with van der Waals surface area (Å²) in [7, 11) is 1.14. The lowest BCUT2D eigenvalue weighted by Gasteiger charge is -2.49. The summed E-state index contributed by atoms with van der Waals surface area (Å²) < 4.78 is 5.02. The number of hydrogen-bond donors (Lipinski definition) is 2. The molecule has 2 aliphatic heterocycles. The molecule has 2 aliphatic rings. The number of alkyl halides is 1. The monoisotopic (exact) mass is 501 g/mol. The summed E-state index contributed by atoms with van der Waals surface area (Å²) in [5, 5.41) is 14.3. The number of rotatable bonds is 9. The van der Waals surface area contributed by atoms with Crippen molar-refractivity contribution in [2.75, 3.05) is 24.5 Å². The maximum atomic E-state index is 12.7. The topological polar surface area (TPSA) is 156 Å². The van der Waals surface area contributed by atoms with E-state index in [1.807, 2.05) is 0 Å². The number of amides is 2. The molecule has 2 N–H and O–H groups in total. The smallest absolute Gasteiger partial charge is 0.352 e. The molecule has 170 valence electrons. The Morgan fingerprint density at radius 2 is 2.19 bits per heavy atom. The van der Waals surface area contributed by atoms with Gasteiger partial charge < -0.3 is 19.7 Å². The highest BCUT2D eigenvalue weighted by Crippen LogP contribution is 2.41. The molecule has 14 heteroatoms. The Labute approximate surface area is 194 Å². The van der Waals surface area contributed by atoms with Gasteiger partial charge in [-0.3, -0.25) is 24.1 Å². The van der Waals surface area contributed by atoms with Crippen LogP contribution in [0.3, 0.4) is 0 Å². The van der Waals surface area contributed by atoms with Crippen LogP contribution in [-0.2, 0) is 24.0 Å². The van der Waals surface area contributed by atoms with Crippen molar-refractivity contribution in [3.05, 3.63) is 35.4 Å². The third-order valence-corrected chi connectivity index (χ3v) is 6.96. The number of thioether (sulfide) groups is 2. The highest BCUT2D eigenvalue weighted by Gasteiger charge is 2.54. The van der Waals surface area contributed by atoms with Crippen LogP contribution >= 0.6 is 35.1 Å². The Balaban J connectivity index is 1.73. The lowest BCUT2D eigenvalue weighted by molar-refractivity contribution is -0.150. The zero-order chi connectivity index (χ0) is 23.4. The molecule has 0 saturated carbocycles. The van der Waals surface area contributed by atoms with E-state index in [0.717, 1.165) is 23.8 Å². The Morgan fingerprint density at radius 3 is 2.78 bits per heavy atom. The average molecular weight is 502 g/mol. The van der Waals surface area contributed by atoms with Gasteiger partial charge in [0, 0.05) is 11.5 Å². The number of ketones is 1. The van der Waals surface area contributed by atoms with Gasteiger partial charge in [-0.15, -0.1) is 23.4 Å². The van der Waals surface area contributed by atoms with Crippen molar-refractivity contribution in [3.63, 3.8) is 0 Å². The van der Waals surface area contributed by atoms with Gasteiger partial charge in [0.15, 0.2) is 5.76 Å². The van der Waals surface area contributed by atoms with E-state index in [-0.39, 0.29) is 28.1 Å². The van der Waals surface area contributed by atoms with Crippen LogP contribution in [0.5, 0.6) is 0 Å². The van der Waals surface area contributed by atoms with Gasteiger partial charge in [-0.25, -0.2) is 4.79 Å². The van der Waals surface area contributed by atoms with E-state index in [1.165, 1.54) is 24.1 Å². The minimum atomic E-state index is -1.33.